The molecule has 4 aromatic rings. The summed E-state index contributed by atoms with van der Waals surface area (Å²) < 4.78 is 23.1. The van der Waals surface area contributed by atoms with Crippen LogP contribution in [0.3, 0.4) is 0 Å². The van der Waals surface area contributed by atoms with Gasteiger partial charge in [0.1, 0.15) is 23.4 Å². The van der Waals surface area contributed by atoms with Gasteiger partial charge in [0.05, 0.1) is 28.4 Å². The van der Waals surface area contributed by atoms with E-state index in [1.54, 1.807) is 22.8 Å². The molecule has 0 saturated carbocycles. The van der Waals surface area contributed by atoms with Crippen LogP contribution in [0.15, 0.2) is 48.7 Å². The van der Waals surface area contributed by atoms with E-state index in [0.717, 1.165) is 5.56 Å². The van der Waals surface area contributed by atoms with Gasteiger partial charge >= 0.3 is 5.97 Å². The molecule has 2 heterocycles. The lowest BCUT2D eigenvalue weighted by Crippen LogP contribution is -2.33. The van der Waals surface area contributed by atoms with E-state index in [4.69, 9.17) is 23.9 Å². The van der Waals surface area contributed by atoms with E-state index in [0.29, 0.717) is 52.0 Å². The number of H-pyrrole nitrogens is 1. The highest BCUT2D eigenvalue weighted by Gasteiger charge is 2.27. The van der Waals surface area contributed by atoms with Crippen LogP contribution in [0.5, 0.6) is 17.2 Å². The van der Waals surface area contributed by atoms with E-state index in [9.17, 15) is 10.1 Å². The van der Waals surface area contributed by atoms with Gasteiger partial charge in [-0.2, -0.15) is 5.26 Å². The number of fused-ring (bicyclic) bond motifs is 1. The third kappa shape index (κ3) is 4.44. The van der Waals surface area contributed by atoms with Crippen LogP contribution in [-0.4, -0.2) is 55.0 Å². The van der Waals surface area contributed by atoms with Gasteiger partial charge in [0.25, 0.3) is 0 Å². The number of aromatic amines is 1. The molecule has 35 heavy (non-hydrogen) atoms. The number of hydrogen-bond acceptors (Lipinski definition) is 8. The smallest absolute Gasteiger partial charge is 0.328 e. The predicted octanol–water partition coefficient (Wildman–Crippen LogP) is 3.42. The summed E-state index contributed by atoms with van der Waals surface area (Å²) in [5, 5.41) is 15.9. The monoisotopic (exact) mass is 475 g/mol. The summed E-state index contributed by atoms with van der Waals surface area (Å²) in [4.78, 5) is 17.4. The van der Waals surface area contributed by atoms with Crippen molar-refractivity contribution in [3.63, 3.8) is 0 Å². The van der Waals surface area contributed by atoms with Crippen LogP contribution in [0, 0.1) is 11.3 Å². The van der Waals surface area contributed by atoms with E-state index in [2.05, 4.69) is 16.5 Å². The van der Waals surface area contributed by atoms with Gasteiger partial charge in [0.2, 0.25) is 5.75 Å². The Labute approximate surface area is 202 Å². The molecule has 10 nitrogen and oxygen atoms in total. The summed E-state index contributed by atoms with van der Waals surface area (Å²) in [5.41, 5.74) is 2.82. The zero-order chi connectivity index (χ0) is 24.9. The molecule has 0 aliphatic carbocycles. The molecule has 4 rings (SSSR count). The van der Waals surface area contributed by atoms with Crippen LogP contribution in [0.25, 0.3) is 16.9 Å². The van der Waals surface area contributed by atoms with Crippen LogP contribution in [0.1, 0.15) is 11.1 Å². The Bertz CT molecular complexity index is 1360. The topological polar surface area (TPSA) is 123 Å². The fourth-order valence-corrected chi connectivity index (χ4v) is 3.91. The van der Waals surface area contributed by atoms with Crippen molar-refractivity contribution in [2.75, 3.05) is 33.8 Å². The molecule has 0 unspecified atom stereocenters. The number of carbonyl (C=O) groups is 1. The zero-order valence-corrected chi connectivity index (χ0v) is 19.8. The number of hydrogen-bond donors (Lipinski definition) is 2. The van der Waals surface area contributed by atoms with Gasteiger partial charge < -0.3 is 24.3 Å². The SMILES string of the molecule is COC(=O)[C@H](Cc1ccccc1)Nc1c(-c2cc(OC)c(OC)c(OC)c2)nc2c(C#N)c[nH]n12. The van der Waals surface area contributed by atoms with Crippen LogP contribution in [0.4, 0.5) is 5.82 Å². The van der Waals surface area contributed by atoms with Crippen LogP contribution in [0.2, 0.25) is 0 Å². The van der Waals surface area contributed by atoms with Crippen molar-refractivity contribution >= 4 is 17.4 Å². The second-order valence-corrected chi connectivity index (χ2v) is 7.59. The number of carbonyl (C=O) groups excluding carboxylic acids is 1. The summed E-state index contributed by atoms with van der Waals surface area (Å²) in [5.74, 6) is 1.36. The number of benzene rings is 2. The van der Waals surface area contributed by atoms with E-state index >= 15 is 0 Å². The number of nitrogens with one attached hydrogen (secondary N) is 2. The van der Waals surface area contributed by atoms with Crippen molar-refractivity contribution in [3.8, 4) is 34.6 Å². The summed E-state index contributed by atoms with van der Waals surface area (Å²) in [6.45, 7) is 0. The Morgan fingerprint density at radius 2 is 1.80 bits per heavy atom. The standard InChI is InChI=1S/C25H25N5O5/c1-32-19-11-16(12-20(33-2)22(19)34-3)21-24(30-23(29-21)17(13-26)14-27-30)28-18(25(31)35-4)10-15-8-6-5-7-9-15/h5-9,11-12,14,18,27-28H,10H2,1-4H3/t18-/m0/s1. The Kier molecular flexibility index (Phi) is 6.78. The first-order valence-electron chi connectivity index (χ1n) is 10.7. The predicted molar refractivity (Wildman–Crippen MR) is 129 cm³/mol. The molecular formula is C25H25N5O5. The molecule has 0 saturated heterocycles. The molecule has 1 atom stereocenters. The second-order valence-electron chi connectivity index (χ2n) is 7.59. The molecule has 0 aliphatic heterocycles. The van der Waals surface area contributed by atoms with E-state index < -0.39 is 12.0 Å². The summed E-state index contributed by atoms with van der Waals surface area (Å²) in [7, 11) is 5.92. The average molecular weight is 476 g/mol. The van der Waals surface area contributed by atoms with Crippen molar-refractivity contribution in [2.24, 2.45) is 0 Å². The highest BCUT2D eigenvalue weighted by atomic mass is 16.5. The number of imidazole rings is 1. The van der Waals surface area contributed by atoms with Crippen molar-refractivity contribution in [1.29, 1.82) is 5.26 Å². The van der Waals surface area contributed by atoms with Gasteiger partial charge in [-0.3, -0.25) is 5.10 Å². The molecule has 10 heteroatoms. The fraction of sp³-hybridized carbons (Fsp3) is 0.240. The molecule has 2 aromatic heterocycles. The first-order valence-corrected chi connectivity index (χ1v) is 10.7. The Balaban J connectivity index is 1.87. The summed E-state index contributed by atoms with van der Waals surface area (Å²) >= 11 is 0. The third-order valence-corrected chi connectivity index (χ3v) is 5.59. The first kappa shape index (κ1) is 23.5. The third-order valence-electron chi connectivity index (χ3n) is 5.59. The number of anilines is 1. The summed E-state index contributed by atoms with van der Waals surface area (Å²) in [6, 6.07) is 14.5. The highest BCUT2D eigenvalue weighted by molar-refractivity contribution is 5.85. The molecule has 0 radical (unpaired) electrons. The van der Waals surface area contributed by atoms with Crippen LogP contribution >= 0.6 is 0 Å². The zero-order valence-electron chi connectivity index (χ0n) is 19.8. The minimum Gasteiger partial charge on any atom is -0.493 e. The molecule has 0 spiro atoms. The van der Waals surface area contributed by atoms with Gasteiger partial charge in [-0.1, -0.05) is 30.3 Å². The molecular weight excluding hydrogens is 450 g/mol. The molecule has 2 N–H and O–H groups in total. The van der Waals surface area contributed by atoms with Gasteiger partial charge in [-0.15, -0.1) is 0 Å². The van der Waals surface area contributed by atoms with E-state index in [1.807, 2.05) is 30.3 Å². The molecule has 180 valence electrons. The summed E-state index contributed by atoms with van der Waals surface area (Å²) in [6.07, 6.45) is 1.93. The molecule has 0 fully saturated rings. The number of nitrogens with zero attached hydrogens (tertiary/aromatic N) is 3. The van der Waals surface area contributed by atoms with Gasteiger partial charge in [0.15, 0.2) is 23.0 Å². The number of rotatable bonds is 9. The second kappa shape index (κ2) is 10.1. The Morgan fingerprint density at radius 1 is 1.11 bits per heavy atom. The first-order chi connectivity index (χ1) is 17.0. The number of methoxy groups -OCH3 is 4. The average Bonchev–Trinajstić information content (AvgIpc) is 3.47. The fourth-order valence-electron chi connectivity index (χ4n) is 3.91. The maximum Gasteiger partial charge on any atom is 0.328 e. The quantitative estimate of drug-likeness (QED) is 0.353. The van der Waals surface area contributed by atoms with Gasteiger partial charge in [-0.25, -0.2) is 14.3 Å². The van der Waals surface area contributed by atoms with Crippen LogP contribution < -0.4 is 19.5 Å². The Hall–Kier alpha value is -4.65. The number of nitriles is 1. The van der Waals surface area contributed by atoms with Crippen molar-refractivity contribution < 1.29 is 23.7 Å². The normalized spacial score (nSPS) is 11.5. The van der Waals surface area contributed by atoms with Crippen molar-refractivity contribution in [3.05, 3.63) is 59.8 Å². The van der Waals surface area contributed by atoms with Crippen molar-refractivity contribution in [1.82, 2.24) is 14.6 Å². The minimum atomic E-state index is -0.725. The highest BCUT2D eigenvalue weighted by Crippen LogP contribution is 2.42. The molecule has 0 bridgehead atoms. The Morgan fingerprint density at radius 3 is 2.37 bits per heavy atom. The van der Waals surface area contributed by atoms with E-state index in [-0.39, 0.29) is 0 Å². The molecule has 2 aromatic carbocycles. The molecule has 0 amide bonds. The maximum atomic E-state index is 12.7. The lowest BCUT2D eigenvalue weighted by Gasteiger charge is -2.19. The number of aromatic nitrogens is 3. The van der Waals surface area contributed by atoms with Crippen molar-refractivity contribution in [2.45, 2.75) is 12.5 Å². The lowest BCUT2D eigenvalue weighted by molar-refractivity contribution is -0.141. The number of ether oxygens (including phenoxy) is 4. The van der Waals surface area contributed by atoms with Gasteiger partial charge in [0, 0.05) is 18.2 Å². The van der Waals surface area contributed by atoms with E-state index in [1.165, 1.54) is 28.4 Å². The lowest BCUT2D eigenvalue weighted by atomic mass is 10.1. The number of esters is 1. The maximum absolute atomic E-state index is 12.7. The van der Waals surface area contributed by atoms with Crippen LogP contribution in [-0.2, 0) is 16.0 Å². The largest absolute Gasteiger partial charge is 0.493 e. The van der Waals surface area contributed by atoms with Gasteiger partial charge in [-0.05, 0) is 17.7 Å². The minimum absolute atomic E-state index is 0.351. The molecule has 0 aliphatic rings.